The predicted octanol–water partition coefficient (Wildman–Crippen LogP) is 8.81. The number of benzene rings is 2. The van der Waals surface area contributed by atoms with Gasteiger partial charge in [-0.15, -0.1) is 0 Å². The van der Waals surface area contributed by atoms with Crippen LogP contribution < -0.4 is 0 Å². The summed E-state index contributed by atoms with van der Waals surface area (Å²) in [7, 11) is 0. The first-order chi connectivity index (χ1) is 25.5. The Balaban J connectivity index is 0.000000208. The van der Waals surface area contributed by atoms with Crippen LogP contribution >= 0.6 is 0 Å². The van der Waals surface area contributed by atoms with Crippen molar-refractivity contribution in [3.8, 4) is 22.5 Å². The van der Waals surface area contributed by atoms with Gasteiger partial charge in [-0.25, -0.2) is 14.8 Å². The average Bonchev–Trinajstić information content (AvgIpc) is 3.74. The van der Waals surface area contributed by atoms with Gasteiger partial charge in [0, 0.05) is 54.8 Å². The number of Topliss-reactive ketones (excluding diaryl/α,β-unsaturated/α-hetero) is 3. The van der Waals surface area contributed by atoms with Gasteiger partial charge < -0.3 is 5.11 Å². The number of halogens is 6. The number of carboxylic acid groups (broad SMARTS) is 1. The number of pyridine rings is 2. The fourth-order valence-electron chi connectivity index (χ4n) is 5.62. The Morgan fingerprint density at radius 3 is 1.46 bits per heavy atom. The van der Waals surface area contributed by atoms with Gasteiger partial charge >= 0.3 is 18.3 Å². The highest BCUT2D eigenvalue weighted by molar-refractivity contribution is 5.95. The monoisotopic (exact) mass is 750 g/mol. The number of carboxylic acids is 1. The molecule has 2 aromatic carbocycles. The van der Waals surface area contributed by atoms with E-state index in [1.54, 1.807) is 83.8 Å². The van der Waals surface area contributed by atoms with Crippen LogP contribution in [0.25, 0.3) is 33.8 Å². The summed E-state index contributed by atoms with van der Waals surface area (Å²) in [6, 6.07) is 20.3. The lowest BCUT2D eigenvalue weighted by atomic mass is 10.0. The van der Waals surface area contributed by atoms with Gasteiger partial charge in [-0.3, -0.25) is 23.2 Å². The van der Waals surface area contributed by atoms with E-state index in [1.165, 1.54) is 19.1 Å². The summed E-state index contributed by atoms with van der Waals surface area (Å²) in [4.78, 5) is 54.6. The van der Waals surface area contributed by atoms with E-state index in [1.807, 2.05) is 10.5 Å². The number of hydrogen-bond acceptors (Lipinski definition) is 6. The van der Waals surface area contributed by atoms with E-state index in [4.69, 9.17) is 5.11 Å². The van der Waals surface area contributed by atoms with Gasteiger partial charge in [0.25, 0.3) is 0 Å². The number of imidazole rings is 2. The highest BCUT2D eigenvalue weighted by Gasteiger charge is 2.28. The molecule has 9 nitrogen and oxygen atoms in total. The van der Waals surface area contributed by atoms with Crippen molar-refractivity contribution in [2.75, 3.05) is 0 Å². The first-order valence-electron chi connectivity index (χ1n) is 16.5. The Kier molecular flexibility index (Phi) is 11.8. The molecule has 1 N–H and O–H groups in total. The molecule has 0 unspecified atom stereocenters. The molecule has 0 aliphatic carbocycles. The molecule has 0 spiro atoms. The van der Waals surface area contributed by atoms with Crippen LogP contribution in [0.4, 0.5) is 26.3 Å². The molecule has 15 heteroatoms. The topological polar surface area (TPSA) is 123 Å². The molecular formula is C39H32F6N4O5. The standard InChI is InChI=1S/C20H17F3N2O2.C19H15F3N2O3/c1-13(26)15-6-8-25-18(12-24-19(25)11-15)16-4-2-3-14(9-16)10-17(27)5-7-20(21,22)23;20-19(21,22)6-4-15(25)9-12-2-1-3-13(8-12)16-11-23-17-10-14(18(26)27)5-7-24(16)17/h2-4,6,8-9,11-12H,5,7,10H2,1H3;1-3,5,7-8,10-11H,4,6,9H2,(H,26,27). The second kappa shape index (κ2) is 16.3. The molecule has 280 valence electrons. The third-order valence-electron chi connectivity index (χ3n) is 8.30. The maximum atomic E-state index is 12.2. The molecule has 54 heavy (non-hydrogen) atoms. The molecule has 6 aromatic rings. The van der Waals surface area contributed by atoms with Gasteiger partial charge in [-0.05, 0) is 54.4 Å². The molecular weight excluding hydrogens is 718 g/mol. The zero-order valence-corrected chi connectivity index (χ0v) is 28.6. The molecule has 0 atom stereocenters. The van der Waals surface area contributed by atoms with Crippen LogP contribution in [0.15, 0.2) is 97.6 Å². The maximum absolute atomic E-state index is 12.2. The van der Waals surface area contributed by atoms with Crippen molar-refractivity contribution in [3.05, 3.63) is 120 Å². The van der Waals surface area contributed by atoms with Crippen molar-refractivity contribution in [2.45, 2.75) is 57.8 Å². The highest BCUT2D eigenvalue weighted by Crippen LogP contribution is 2.27. The molecule has 4 aromatic heterocycles. The van der Waals surface area contributed by atoms with Crippen LogP contribution in [0.3, 0.4) is 0 Å². The lowest BCUT2D eigenvalue weighted by molar-refractivity contribution is -0.143. The fraction of sp³-hybridized carbons (Fsp3) is 0.231. The molecule has 0 aliphatic rings. The molecule has 0 saturated heterocycles. The normalized spacial score (nSPS) is 11.7. The minimum atomic E-state index is -4.34. The number of nitrogens with zero attached hydrogens (tertiary/aromatic N) is 4. The van der Waals surface area contributed by atoms with Crippen LogP contribution in [0, 0.1) is 0 Å². The van der Waals surface area contributed by atoms with Crippen LogP contribution in [0.5, 0.6) is 0 Å². The van der Waals surface area contributed by atoms with E-state index in [2.05, 4.69) is 9.97 Å². The number of rotatable bonds is 12. The van der Waals surface area contributed by atoms with E-state index >= 15 is 0 Å². The number of fused-ring (bicyclic) bond motifs is 2. The van der Waals surface area contributed by atoms with Crippen molar-refractivity contribution < 1.29 is 50.6 Å². The number of aromatic nitrogens is 4. The second-order valence-electron chi connectivity index (χ2n) is 12.5. The Labute approximate surface area is 303 Å². The summed E-state index contributed by atoms with van der Waals surface area (Å²) >= 11 is 0. The Morgan fingerprint density at radius 2 is 1.06 bits per heavy atom. The van der Waals surface area contributed by atoms with E-state index in [-0.39, 0.29) is 24.2 Å². The summed E-state index contributed by atoms with van der Waals surface area (Å²) in [6.45, 7) is 1.48. The summed E-state index contributed by atoms with van der Waals surface area (Å²) < 4.78 is 77.0. The first kappa shape index (κ1) is 39.1. The third kappa shape index (κ3) is 10.5. The largest absolute Gasteiger partial charge is 0.478 e. The average molecular weight is 751 g/mol. The minimum Gasteiger partial charge on any atom is -0.478 e. The van der Waals surface area contributed by atoms with Gasteiger partial charge in [0.05, 0.1) is 42.2 Å². The van der Waals surface area contributed by atoms with Gasteiger partial charge in [-0.1, -0.05) is 36.4 Å². The van der Waals surface area contributed by atoms with Crippen molar-refractivity contribution in [1.82, 2.24) is 18.8 Å². The summed E-state index contributed by atoms with van der Waals surface area (Å²) in [5.41, 5.74) is 5.97. The molecule has 0 bridgehead atoms. The zero-order valence-electron chi connectivity index (χ0n) is 28.6. The zero-order chi connectivity index (χ0) is 39.2. The highest BCUT2D eigenvalue weighted by atomic mass is 19.4. The number of carbonyl (C=O) groups is 4. The molecule has 0 amide bonds. The van der Waals surface area contributed by atoms with Crippen LogP contribution in [0.2, 0.25) is 0 Å². The van der Waals surface area contributed by atoms with Crippen LogP contribution in [0.1, 0.15) is 64.4 Å². The van der Waals surface area contributed by atoms with Crippen molar-refractivity contribution >= 4 is 34.6 Å². The van der Waals surface area contributed by atoms with E-state index in [0.29, 0.717) is 33.7 Å². The molecule has 0 aliphatic heterocycles. The van der Waals surface area contributed by atoms with E-state index in [9.17, 15) is 45.5 Å². The predicted molar refractivity (Wildman–Crippen MR) is 186 cm³/mol. The fourth-order valence-corrected chi connectivity index (χ4v) is 5.62. The SMILES string of the molecule is CC(=O)c1ccn2c(-c3cccc(CC(=O)CCC(F)(F)F)c3)cnc2c1.O=C(CCC(F)(F)F)Cc1cccc(-c2cnc3cc(C(=O)O)ccn23)c1. The summed E-state index contributed by atoms with van der Waals surface area (Å²) in [5.74, 6) is -2.04. The molecule has 0 saturated carbocycles. The maximum Gasteiger partial charge on any atom is 0.389 e. The molecule has 0 fully saturated rings. The molecule has 4 heterocycles. The minimum absolute atomic E-state index is 0.0465. The number of aromatic carboxylic acids is 1. The Hall–Kier alpha value is -6.12. The Morgan fingerprint density at radius 1 is 0.630 bits per heavy atom. The van der Waals surface area contributed by atoms with Crippen LogP contribution in [-0.4, -0.2) is 59.5 Å². The first-order valence-corrected chi connectivity index (χ1v) is 16.5. The third-order valence-corrected chi connectivity index (χ3v) is 8.30. The van der Waals surface area contributed by atoms with Gasteiger partial charge in [0.15, 0.2) is 5.78 Å². The number of alkyl halides is 6. The second-order valence-corrected chi connectivity index (χ2v) is 12.5. The lowest BCUT2D eigenvalue weighted by Crippen LogP contribution is -2.12. The van der Waals surface area contributed by atoms with Crippen molar-refractivity contribution in [2.24, 2.45) is 0 Å². The van der Waals surface area contributed by atoms with E-state index in [0.717, 1.165) is 16.8 Å². The van der Waals surface area contributed by atoms with Gasteiger partial charge in [0.2, 0.25) is 0 Å². The number of carbonyl (C=O) groups excluding carboxylic acids is 3. The van der Waals surface area contributed by atoms with E-state index < -0.39 is 55.6 Å². The van der Waals surface area contributed by atoms with Crippen LogP contribution in [-0.2, 0) is 22.4 Å². The number of hydrogen-bond donors (Lipinski definition) is 1. The number of ketones is 3. The van der Waals surface area contributed by atoms with Gasteiger partial charge in [-0.2, -0.15) is 26.3 Å². The molecule has 6 rings (SSSR count). The Bertz CT molecular complexity index is 2180. The summed E-state index contributed by atoms with van der Waals surface area (Å²) in [5, 5.41) is 9.04. The quantitative estimate of drug-likeness (QED) is 0.0980. The lowest BCUT2D eigenvalue weighted by Gasteiger charge is -2.07. The van der Waals surface area contributed by atoms with Crippen molar-refractivity contribution in [1.29, 1.82) is 0 Å². The van der Waals surface area contributed by atoms with Crippen molar-refractivity contribution in [3.63, 3.8) is 0 Å². The molecule has 0 radical (unpaired) electrons. The van der Waals surface area contributed by atoms with Gasteiger partial charge in [0.1, 0.15) is 22.9 Å². The smallest absolute Gasteiger partial charge is 0.389 e. The summed E-state index contributed by atoms with van der Waals surface area (Å²) in [6.07, 6.45) is -5.51.